The molecule has 3 aromatic rings. The van der Waals surface area contributed by atoms with Gasteiger partial charge >= 0.3 is 0 Å². The number of halogens is 1. The molecule has 0 radical (unpaired) electrons. The molecule has 3 rings (SSSR count). The SMILES string of the molecule is CCCN(Cc1nc2c(F)cccc2n1CCC)C(=O)c1cccc(C)c1. The molecule has 0 fully saturated rings. The maximum Gasteiger partial charge on any atom is 0.254 e. The number of aryl methyl sites for hydroxylation is 2. The van der Waals surface area contributed by atoms with Gasteiger partial charge < -0.3 is 9.47 Å². The normalized spacial score (nSPS) is 11.1. The Kier molecular flexibility index (Phi) is 5.89. The molecule has 0 aliphatic rings. The number of hydrogen-bond acceptors (Lipinski definition) is 2. The van der Waals surface area contributed by atoms with Crippen LogP contribution < -0.4 is 0 Å². The monoisotopic (exact) mass is 367 g/mol. The van der Waals surface area contributed by atoms with E-state index in [-0.39, 0.29) is 11.7 Å². The van der Waals surface area contributed by atoms with Crippen molar-refractivity contribution in [3.8, 4) is 0 Å². The van der Waals surface area contributed by atoms with Crippen LogP contribution in [0.5, 0.6) is 0 Å². The van der Waals surface area contributed by atoms with Gasteiger partial charge in [-0.1, -0.05) is 37.6 Å². The number of imidazole rings is 1. The Balaban J connectivity index is 1.98. The molecule has 1 amide bonds. The highest BCUT2D eigenvalue weighted by Crippen LogP contribution is 2.21. The molecular formula is C22H26FN3O. The number of benzene rings is 2. The molecule has 4 nitrogen and oxygen atoms in total. The second kappa shape index (κ2) is 8.33. The number of carbonyl (C=O) groups excluding carboxylic acids is 1. The summed E-state index contributed by atoms with van der Waals surface area (Å²) in [5.41, 5.74) is 2.89. The minimum atomic E-state index is -0.323. The van der Waals surface area contributed by atoms with Crippen molar-refractivity contribution in [3.05, 3.63) is 65.2 Å². The van der Waals surface area contributed by atoms with Gasteiger partial charge in [-0.15, -0.1) is 0 Å². The smallest absolute Gasteiger partial charge is 0.254 e. The van der Waals surface area contributed by atoms with Crippen molar-refractivity contribution < 1.29 is 9.18 Å². The minimum Gasteiger partial charge on any atom is -0.331 e. The Labute approximate surface area is 159 Å². The van der Waals surface area contributed by atoms with Gasteiger partial charge in [0.2, 0.25) is 0 Å². The van der Waals surface area contributed by atoms with Crippen LogP contribution in [0.2, 0.25) is 0 Å². The largest absolute Gasteiger partial charge is 0.331 e. The summed E-state index contributed by atoms with van der Waals surface area (Å²) >= 11 is 0. The van der Waals surface area contributed by atoms with Gasteiger partial charge in [0.1, 0.15) is 11.3 Å². The molecule has 0 bridgehead atoms. The molecule has 0 N–H and O–H groups in total. The Bertz CT molecular complexity index is 948. The minimum absolute atomic E-state index is 0.0175. The van der Waals surface area contributed by atoms with Gasteiger partial charge in [-0.25, -0.2) is 9.37 Å². The number of hydrogen-bond donors (Lipinski definition) is 0. The van der Waals surface area contributed by atoms with Gasteiger partial charge in [0.15, 0.2) is 5.82 Å². The van der Waals surface area contributed by atoms with Crippen LogP contribution in [0.3, 0.4) is 0 Å². The van der Waals surface area contributed by atoms with E-state index in [1.807, 2.05) is 48.7 Å². The van der Waals surface area contributed by atoms with Gasteiger partial charge in [-0.2, -0.15) is 0 Å². The molecule has 0 aliphatic heterocycles. The van der Waals surface area contributed by atoms with Crippen molar-refractivity contribution in [1.29, 1.82) is 0 Å². The van der Waals surface area contributed by atoms with Crippen molar-refractivity contribution in [1.82, 2.24) is 14.5 Å². The number of para-hydroxylation sites is 1. The topological polar surface area (TPSA) is 38.1 Å². The van der Waals surface area contributed by atoms with Crippen molar-refractivity contribution in [2.24, 2.45) is 0 Å². The average Bonchev–Trinajstić information content (AvgIpc) is 3.00. The zero-order valence-electron chi connectivity index (χ0n) is 16.2. The van der Waals surface area contributed by atoms with Crippen LogP contribution in [0, 0.1) is 12.7 Å². The summed E-state index contributed by atoms with van der Waals surface area (Å²) in [6.07, 6.45) is 1.76. The summed E-state index contributed by atoms with van der Waals surface area (Å²) in [6.45, 7) is 7.85. The fourth-order valence-electron chi connectivity index (χ4n) is 3.41. The summed E-state index contributed by atoms with van der Waals surface area (Å²) in [5, 5.41) is 0. The molecule has 1 heterocycles. The quantitative estimate of drug-likeness (QED) is 0.593. The highest BCUT2D eigenvalue weighted by Gasteiger charge is 2.20. The van der Waals surface area contributed by atoms with Gasteiger partial charge in [0, 0.05) is 18.7 Å². The Hall–Kier alpha value is -2.69. The van der Waals surface area contributed by atoms with Crippen LogP contribution in [0.1, 0.15) is 48.4 Å². The van der Waals surface area contributed by atoms with E-state index in [1.165, 1.54) is 6.07 Å². The summed E-state index contributed by atoms with van der Waals surface area (Å²) in [5.74, 6) is 0.387. The lowest BCUT2D eigenvalue weighted by Gasteiger charge is -2.22. The van der Waals surface area contributed by atoms with E-state index in [0.717, 1.165) is 36.3 Å². The first-order valence-corrected chi connectivity index (χ1v) is 9.54. The first-order valence-electron chi connectivity index (χ1n) is 9.54. The van der Waals surface area contributed by atoms with Gasteiger partial charge in [-0.05, 0) is 44.0 Å². The number of amides is 1. The van der Waals surface area contributed by atoms with E-state index in [2.05, 4.69) is 11.9 Å². The maximum atomic E-state index is 14.2. The van der Waals surface area contributed by atoms with E-state index in [1.54, 1.807) is 11.0 Å². The number of aromatic nitrogens is 2. The standard InChI is InChI=1S/C22H26FN3O/c1-4-12-25(22(27)17-9-6-8-16(3)14-17)15-20-24-21-18(23)10-7-11-19(21)26(20)13-5-2/h6-11,14H,4-5,12-13,15H2,1-3H3. The first-order chi connectivity index (χ1) is 13.0. The Morgan fingerprint density at radius 1 is 1.15 bits per heavy atom. The van der Waals surface area contributed by atoms with Gasteiger partial charge in [0.05, 0.1) is 12.1 Å². The number of rotatable bonds is 7. The molecule has 5 heteroatoms. The van der Waals surface area contributed by atoms with Crippen LogP contribution in [0.25, 0.3) is 11.0 Å². The third-order valence-electron chi connectivity index (χ3n) is 4.63. The van der Waals surface area contributed by atoms with Crippen LogP contribution in [0.4, 0.5) is 4.39 Å². The van der Waals surface area contributed by atoms with E-state index in [4.69, 9.17) is 0 Å². The van der Waals surface area contributed by atoms with Crippen LogP contribution in [-0.4, -0.2) is 26.9 Å². The van der Waals surface area contributed by atoms with E-state index < -0.39 is 0 Å². The molecule has 2 aromatic carbocycles. The third-order valence-corrected chi connectivity index (χ3v) is 4.63. The molecule has 27 heavy (non-hydrogen) atoms. The first kappa shape index (κ1) is 19.1. The van der Waals surface area contributed by atoms with Crippen LogP contribution >= 0.6 is 0 Å². The zero-order valence-corrected chi connectivity index (χ0v) is 16.2. The molecule has 0 saturated heterocycles. The number of fused-ring (bicyclic) bond motifs is 1. The second-order valence-corrected chi connectivity index (χ2v) is 6.88. The van der Waals surface area contributed by atoms with Crippen LogP contribution in [0.15, 0.2) is 42.5 Å². The van der Waals surface area contributed by atoms with E-state index in [9.17, 15) is 9.18 Å². The average molecular weight is 367 g/mol. The summed E-state index contributed by atoms with van der Waals surface area (Å²) in [6, 6.07) is 12.6. The molecule has 0 aliphatic carbocycles. The predicted molar refractivity (Wildman–Crippen MR) is 106 cm³/mol. The fraction of sp³-hybridized carbons (Fsp3) is 0.364. The highest BCUT2D eigenvalue weighted by atomic mass is 19.1. The molecule has 142 valence electrons. The van der Waals surface area contributed by atoms with Gasteiger partial charge in [-0.3, -0.25) is 4.79 Å². The maximum absolute atomic E-state index is 14.2. The predicted octanol–water partition coefficient (Wildman–Crippen LogP) is 4.95. The molecule has 0 unspecified atom stereocenters. The fourth-order valence-corrected chi connectivity index (χ4v) is 3.41. The molecular weight excluding hydrogens is 341 g/mol. The molecule has 0 atom stereocenters. The number of carbonyl (C=O) groups is 1. The molecule has 0 spiro atoms. The Morgan fingerprint density at radius 3 is 2.63 bits per heavy atom. The zero-order chi connectivity index (χ0) is 19.4. The third kappa shape index (κ3) is 4.02. The summed E-state index contributed by atoms with van der Waals surface area (Å²) in [7, 11) is 0. The van der Waals surface area contributed by atoms with Crippen molar-refractivity contribution in [2.75, 3.05) is 6.54 Å². The summed E-state index contributed by atoms with van der Waals surface area (Å²) in [4.78, 5) is 19.4. The molecule has 1 aromatic heterocycles. The van der Waals surface area contributed by atoms with Crippen LogP contribution in [-0.2, 0) is 13.1 Å². The lowest BCUT2D eigenvalue weighted by atomic mass is 10.1. The highest BCUT2D eigenvalue weighted by molar-refractivity contribution is 5.94. The lowest BCUT2D eigenvalue weighted by Crippen LogP contribution is -2.32. The Morgan fingerprint density at radius 2 is 1.93 bits per heavy atom. The number of nitrogens with zero attached hydrogens (tertiary/aromatic N) is 3. The second-order valence-electron chi connectivity index (χ2n) is 6.88. The van der Waals surface area contributed by atoms with Gasteiger partial charge in [0.25, 0.3) is 5.91 Å². The van der Waals surface area contributed by atoms with E-state index in [0.29, 0.717) is 24.2 Å². The summed E-state index contributed by atoms with van der Waals surface area (Å²) < 4.78 is 16.2. The lowest BCUT2D eigenvalue weighted by molar-refractivity contribution is 0.0737. The van der Waals surface area contributed by atoms with Crippen molar-refractivity contribution in [3.63, 3.8) is 0 Å². The van der Waals surface area contributed by atoms with Crippen molar-refractivity contribution in [2.45, 2.75) is 46.7 Å². The van der Waals surface area contributed by atoms with E-state index >= 15 is 0 Å². The molecule has 0 saturated carbocycles. The van der Waals surface area contributed by atoms with Crippen molar-refractivity contribution >= 4 is 16.9 Å².